The zero-order valence-electron chi connectivity index (χ0n) is 8.10. The highest BCUT2D eigenvalue weighted by Gasteiger charge is 2.46. The minimum absolute atomic E-state index is 0.178. The molecule has 0 aromatic heterocycles. The molecule has 0 heterocycles. The van der Waals surface area contributed by atoms with Crippen LogP contribution in [0, 0.1) is 23.7 Å². The van der Waals surface area contributed by atoms with Crippen LogP contribution >= 0.6 is 0 Å². The molecule has 0 amide bonds. The van der Waals surface area contributed by atoms with Crippen LogP contribution in [0.1, 0.15) is 12.8 Å². The molecule has 0 aromatic carbocycles. The second-order valence-corrected chi connectivity index (χ2v) is 4.46. The van der Waals surface area contributed by atoms with E-state index >= 15 is 0 Å². The molecule has 3 aliphatic carbocycles. The molecule has 72 valence electrons. The van der Waals surface area contributed by atoms with Crippen LogP contribution in [0.5, 0.6) is 0 Å². The standard InChI is InChI=1S/C13H14O/c14-13-11-7-3-1-5-9(11)10-6-2-4-8-12(10)13/h1-3,5-7,9-12H,4,8H2. The summed E-state index contributed by atoms with van der Waals surface area (Å²) in [5, 5.41) is 0. The SMILES string of the molecule is O=C1C2C=CC=CC2C2C=CCCC12. The van der Waals surface area contributed by atoms with Crippen molar-refractivity contribution in [2.24, 2.45) is 23.7 Å². The van der Waals surface area contributed by atoms with Crippen molar-refractivity contribution in [3.05, 3.63) is 36.5 Å². The first kappa shape index (κ1) is 8.22. The number of hydrogen-bond acceptors (Lipinski definition) is 1. The molecule has 0 bridgehead atoms. The van der Waals surface area contributed by atoms with Gasteiger partial charge in [-0.1, -0.05) is 36.5 Å². The molecule has 14 heavy (non-hydrogen) atoms. The summed E-state index contributed by atoms with van der Waals surface area (Å²) < 4.78 is 0. The summed E-state index contributed by atoms with van der Waals surface area (Å²) in [5.41, 5.74) is 0. The predicted molar refractivity (Wildman–Crippen MR) is 55.6 cm³/mol. The molecule has 3 aliphatic rings. The largest absolute Gasteiger partial charge is 0.299 e. The van der Waals surface area contributed by atoms with Crippen LogP contribution in [0.3, 0.4) is 0 Å². The smallest absolute Gasteiger partial charge is 0.144 e. The van der Waals surface area contributed by atoms with Crippen molar-refractivity contribution >= 4 is 5.78 Å². The van der Waals surface area contributed by atoms with E-state index in [2.05, 4.69) is 30.4 Å². The summed E-state index contributed by atoms with van der Waals surface area (Å²) in [7, 11) is 0. The fourth-order valence-electron chi connectivity index (χ4n) is 3.11. The molecule has 0 spiro atoms. The van der Waals surface area contributed by atoms with E-state index in [0.29, 0.717) is 23.5 Å². The van der Waals surface area contributed by atoms with Gasteiger partial charge in [0.15, 0.2) is 0 Å². The molecule has 1 fully saturated rings. The number of carbonyl (C=O) groups is 1. The number of Topliss-reactive ketones (excluding diaryl/α,β-unsaturated/α-hetero) is 1. The average molecular weight is 186 g/mol. The van der Waals surface area contributed by atoms with Crippen LogP contribution in [0.4, 0.5) is 0 Å². The van der Waals surface area contributed by atoms with Crippen molar-refractivity contribution in [3.8, 4) is 0 Å². The molecular weight excluding hydrogens is 172 g/mol. The molecule has 1 saturated carbocycles. The van der Waals surface area contributed by atoms with Gasteiger partial charge in [-0.2, -0.15) is 0 Å². The first-order valence-corrected chi connectivity index (χ1v) is 5.43. The number of carbonyl (C=O) groups excluding carboxylic acids is 1. The van der Waals surface area contributed by atoms with Gasteiger partial charge in [0.2, 0.25) is 0 Å². The van der Waals surface area contributed by atoms with Gasteiger partial charge >= 0.3 is 0 Å². The van der Waals surface area contributed by atoms with Crippen molar-refractivity contribution < 1.29 is 4.79 Å². The zero-order chi connectivity index (χ0) is 9.54. The normalized spacial score (nSPS) is 43.9. The van der Waals surface area contributed by atoms with Crippen LogP contribution in [0.2, 0.25) is 0 Å². The molecule has 0 aromatic rings. The van der Waals surface area contributed by atoms with Gasteiger partial charge in [0.05, 0.1) is 0 Å². The third-order valence-electron chi connectivity index (χ3n) is 3.78. The number of allylic oxidation sites excluding steroid dienone is 6. The lowest BCUT2D eigenvalue weighted by Crippen LogP contribution is -2.17. The van der Waals surface area contributed by atoms with Crippen molar-refractivity contribution in [3.63, 3.8) is 0 Å². The van der Waals surface area contributed by atoms with E-state index in [9.17, 15) is 4.79 Å². The Kier molecular flexibility index (Phi) is 1.73. The maximum absolute atomic E-state index is 12.1. The van der Waals surface area contributed by atoms with Gasteiger partial charge in [-0.25, -0.2) is 0 Å². The molecule has 0 N–H and O–H groups in total. The molecule has 4 unspecified atom stereocenters. The van der Waals surface area contributed by atoms with Crippen molar-refractivity contribution in [2.45, 2.75) is 12.8 Å². The second kappa shape index (κ2) is 2.94. The Labute approximate surface area is 84.2 Å². The number of fused-ring (bicyclic) bond motifs is 3. The Hall–Kier alpha value is -1.11. The van der Waals surface area contributed by atoms with E-state index in [4.69, 9.17) is 0 Å². The summed E-state index contributed by atoms with van der Waals surface area (Å²) in [6.07, 6.45) is 15.0. The van der Waals surface area contributed by atoms with Gasteiger partial charge < -0.3 is 0 Å². The van der Waals surface area contributed by atoms with E-state index in [1.54, 1.807) is 0 Å². The minimum atomic E-state index is 0.178. The van der Waals surface area contributed by atoms with Gasteiger partial charge in [-0.15, -0.1) is 0 Å². The number of rotatable bonds is 0. The highest BCUT2D eigenvalue weighted by Crippen LogP contribution is 2.46. The fraction of sp³-hybridized carbons (Fsp3) is 0.462. The fourth-order valence-corrected chi connectivity index (χ4v) is 3.11. The lowest BCUT2D eigenvalue weighted by Gasteiger charge is -2.22. The van der Waals surface area contributed by atoms with E-state index in [0.717, 1.165) is 12.8 Å². The summed E-state index contributed by atoms with van der Waals surface area (Å²) in [5.74, 6) is 1.90. The Morgan fingerprint density at radius 1 is 1.07 bits per heavy atom. The highest BCUT2D eigenvalue weighted by atomic mass is 16.1. The second-order valence-electron chi connectivity index (χ2n) is 4.46. The van der Waals surface area contributed by atoms with Crippen molar-refractivity contribution in [1.29, 1.82) is 0 Å². The third-order valence-corrected chi connectivity index (χ3v) is 3.78. The average Bonchev–Trinajstić information content (AvgIpc) is 2.55. The third kappa shape index (κ3) is 0.985. The minimum Gasteiger partial charge on any atom is -0.299 e. The first-order chi connectivity index (χ1) is 6.88. The molecule has 0 aliphatic heterocycles. The Balaban J connectivity index is 2.01. The number of hydrogen-bond donors (Lipinski definition) is 0. The van der Waals surface area contributed by atoms with Crippen LogP contribution < -0.4 is 0 Å². The Morgan fingerprint density at radius 2 is 1.93 bits per heavy atom. The topological polar surface area (TPSA) is 17.1 Å². The summed E-state index contributed by atoms with van der Waals surface area (Å²) in [6, 6.07) is 0. The van der Waals surface area contributed by atoms with E-state index in [1.807, 2.05) is 6.08 Å². The molecule has 4 atom stereocenters. The van der Waals surface area contributed by atoms with Crippen LogP contribution in [0.25, 0.3) is 0 Å². The molecular formula is C13H14O. The summed E-state index contributed by atoms with van der Waals surface area (Å²) >= 11 is 0. The van der Waals surface area contributed by atoms with Crippen molar-refractivity contribution in [1.82, 2.24) is 0 Å². The monoisotopic (exact) mass is 186 g/mol. The van der Waals surface area contributed by atoms with Gasteiger partial charge in [0, 0.05) is 11.8 Å². The van der Waals surface area contributed by atoms with Gasteiger partial charge in [-0.3, -0.25) is 4.79 Å². The molecule has 3 rings (SSSR count). The maximum Gasteiger partial charge on any atom is 0.144 e. The van der Waals surface area contributed by atoms with Crippen molar-refractivity contribution in [2.75, 3.05) is 0 Å². The zero-order valence-corrected chi connectivity index (χ0v) is 8.10. The van der Waals surface area contributed by atoms with E-state index < -0.39 is 0 Å². The quantitative estimate of drug-likeness (QED) is 0.531. The summed E-state index contributed by atoms with van der Waals surface area (Å²) in [4.78, 5) is 12.1. The lowest BCUT2D eigenvalue weighted by atomic mass is 9.81. The molecule has 0 saturated heterocycles. The first-order valence-electron chi connectivity index (χ1n) is 5.43. The molecule has 1 heteroatoms. The Bertz CT molecular complexity index is 348. The Morgan fingerprint density at radius 3 is 2.86 bits per heavy atom. The summed E-state index contributed by atoms with van der Waals surface area (Å²) in [6.45, 7) is 0. The molecule has 1 nitrogen and oxygen atoms in total. The van der Waals surface area contributed by atoms with Crippen LogP contribution in [-0.4, -0.2) is 5.78 Å². The predicted octanol–water partition coefficient (Wildman–Crippen LogP) is 2.51. The van der Waals surface area contributed by atoms with Crippen LogP contribution in [0.15, 0.2) is 36.5 Å². The van der Waals surface area contributed by atoms with E-state index in [-0.39, 0.29) is 5.92 Å². The number of ketones is 1. The van der Waals surface area contributed by atoms with Gasteiger partial charge in [0.1, 0.15) is 5.78 Å². The maximum atomic E-state index is 12.1. The van der Waals surface area contributed by atoms with E-state index in [1.165, 1.54) is 0 Å². The highest BCUT2D eigenvalue weighted by molar-refractivity contribution is 5.89. The van der Waals surface area contributed by atoms with Crippen LogP contribution in [-0.2, 0) is 4.79 Å². The molecule has 0 radical (unpaired) electrons. The van der Waals surface area contributed by atoms with Gasteiger partial charge in [-0.05, 0) is 24.7 Å². The lowest BCUT2D eigenvalue weighted by molar-refractivity contribution is -0.123. The van der Waals surface area contributed by atoms with Gasteiger partial charge in [0.25, 0.3) is 0 Å².